The van der Waals surface area contributed by atoms with Gasteiger partial charge in [-0.15, -0.1) is 0 Å². The molecule has 10 rings (SSSR count). The number of fused-ring (bicyclic) bond motifs is 8. The zero-order valence-electron chi connectivity index (χ0n) is 25.8. The van der Waals surface area contributed by atoms with Crippen molar-refractivity contribution in [3.63, 3.8) is 0 Å². The van der Waals surface area contributed by atoms with E-state index in [1.807, 2.05) is 24.4 Å². The van der Waals surface area contributed by atoms with Gasteiger partial charge in [0, 0.05) is 22.0 Å². The molecule has 48 heavy (non-hydrogen) atoms. The van der Waals surface area contributed by atoms with Crippen LogP contribution >= 0.6 is 0 Å². The van der Waals surface area contributed by atoms with Crippen molar-refractivity contribution in [1.82, 2.24) is 14.5 Å². The zero-order valence-corrected chi connectivity index (χ0v) is 25.8. The summed E-state index contributed by atoms with van der Waals surface area (Å²) in [5, 5.41) is 5.80. The average Bonchev–Trinajstić information content (AvgIpc) is 3.70. The highest BCUT2D eigenvalue weighted by atomic mass is 16.3. The first-order valence-electron chi connectivity index (χ1n) is 16.2. The number of hydrogen-bond donors (Lipinski definition) is 0. The quantitative estimate of drug-likeness (QED) is 0.198. The standard InChI is InChI=1S/C44H27N3O/c1-2-12-34(13-3-1)47-39-16-7-6-15-36(39)37-26-33(21-23-40(37)47)32-11-8-10-31(25-32)28-17-19-30(20-18-28)38-27-45-43-42-35-14-5-4-9-29(35)22-24-41(42)48-44(43)46-38/h1-27H. The van der Waals surface area contributed by atoms with Crippen LogP contribution in [0, 0.1) is 0 Å². The first kappa shape index (κ1) is 26.7. The molecule has 0 aliphatic rings. The smallest absolute Gasteiger partial charge is 0.246 e. The lowest BCUT2D eigenvalue weighted by molar-refractivity contribution is 0.654. The molecule has 0 amide bonds. The third-order valence-corrected chi connectivity index (χ3v) is 9.47. The minimum atomic E-state index is 0.555. The van der Waals surface area contributed by atoms with E-state index >= 15 is 0 Å². The van der Waals surface area contributed by atoms with Crippen LogP contribution in [0.15, 0.2) is 168 Å². The molecule has 3 aromatic heterocycles. The van der Waals surface area contributed by atoms with Gasteiger partial charge in [0.25, 0.3) is 0 Å². The van der Waals surface area contributed by atoms with Crippen LogP contribution in [0.5, 0.6) is 0 Å². The molecule has 0 radical (unpaired) electrons. The van der Waals surface area contributed by atoms with E-state index in [0.29, 0.717) is 5.71 Å². The van der Waals surface area contributed by atoms with Crippen LogP contribution in [0.2, 0.25) is 0 Å². The van der Waals surface area contributed by atoms with Crippen LogP contribution in [0.25, 0.3) is 94.0 Å². The first-order valence-corrected chi connectivity index (χ1v) is 16.2. The topological polar surface area (TPSA) is 43.9 Å². The summed E-state index contributed by atoms with van der Waals surface area (Å²) >= 11 is 0. The highest BCUT2D eigenvalue weighted by Gasteiger charge is 2.15. The molecule has 0 aliphatic carbocycles. The van der Waals surface area contributed by atoms with Gasteiger partial charge in [0.2, 0.25) is 5.71 Å². The third kappa shape index (κ3) is 4.16. The molecule has 0 saturated carbocycles. The van der Waals surface area contributed by atoms with E-state index < -0.39 is 0 Å². The van der Waals surface area contributed by atoms with E-state index in [2.05, 4.69) is 144 Å². The molecule has 7 aromatic carbocycles. The summed E-state index contributed by atoms with van der Waals surface area (Å²) in [5.41, 5.74) is 12.2. The number of para-hydroxylation sites is 2. The SMILES string of the molecule is c1ccc(-n2c3ccccc3c3cc(-c4cccc(-c5ccc(-c6cnc7c(n6)oc6ccc8ccccc8c67)cc5)c4)ccc32)cc1. The van der Waals surface area contributed by atoms with Crippen LogP contribution < -0.4 is 0 Å². The van der Waals surface area contributed by atoms with Gasteiger partial charge < -0.3 is 8.98 Å². The summed E-state index contributed by atoms with van der Waals surface area (Å²) in [7, 11) is 0. The maximum Gasteiger partial charge on any atom is 0.246 e. The number of rotatable bonds is 4. The largest absolute Gasteiger partial charge is 0.436 e. The molecule has 4 heteroatoms. The van der Waals surface area contributed by atoms with Gasteiger partial charge in [-0.2, -0.15) is 0 Å². The van der Waals surface area contributed by atoms with Crippen molar-refractivity contribution < 1.29 is 4.42 Å². The summed E-state index contributed by atoms with van der Waals surface area (Å²) < 4.78 is 8.52. The number of hydrogen-bond acceptors (Lipinski definition) is 3. The zero-order chi connectivity index (χ0) is 31.6. The van der Waals surface area contributed by atoms with Crippen molar-refractivity contribution in [2.45, 2.75) is 0 Å². The number of furan rings is 1. The number of nitrogens with zero attached hydrogens (tertiary/aromatic N) is 3. The van der Waals surface area contributed by atoms with Crippen molar-refractivity contribution >= 4 is 54.8 Å². The molecule has 0 N–H and O–H groups in total. The Balaban J connectivity index is 0.997. The third-order valence-electron chi connectivity index (χ3n) is 9.47. The molecule has 224 valence electrons. The first-order chi connectivity index (χ1) is 23.8. The summed E-state index contributed by atoms with van der Waals surface area (Å²) in [6.45, 7) is 0. The van der Waals surface area contributed by atoms with Gasteiger partial charge in [-0.3, -0.25) is 0 Å². The fourth-order valence-corrected chi connectivity index (χ4v) is 7.16. The second-order valence-corrected chi connectivity index (χ2v) is 12.2. The van der Waals surface area contributed by atoms with E-state index in [1.54, 1.807) is 0 Å². The summed E-state index contributed by atoms with van der Waals surface area (Å²) in [6.07, 6.45) is 1.85. The lowest BCUT2D eigenvalue weighted by Gasteiger charge is -2.09. The van der Waals surface area contributed by atoms with E-state index in [4.69, 9.17) is 14.4 Å². The lowest BCUT2D eigenvalue weighted by atomic mass is 9.97. The van der Waals surface area contributed by atoms with Gasteiger partial charge in [-0.25, -0.2) is 9.97 Å². The summed E-state index contributed by atoms with van der Waals surface area (Å²) in [4.78, 5) is 9.71. The molecule has 0 atom stereocenters. The Morgan fingerprint density at radius 2 is 1.17 bits per heavy atom. The highest BCUT2D eigenvalue weighted by molar-refractivity contribution is 6.17. The van der Waals surface area contributed by atoms with Crippen LogP contribution in [0.4, 0.5) is 0 Å². The molecule has 0 bridgehead atoms. The van der Waals surface area contributed by atoms with Gasteiger partial charge in [-0.05, 0) is 75.5 Å². The van der Waals surface area contributed by atoms with Crippen LogP contribution in [0.3, 0.4) is 0 Å². The second kappa shape index (κ2) is 10.5. The maximum absolute atomic E-state index is 6.17. The molecular weight excluding hydrogens is 587 g/mol. The predicted octanol–water partition coefficient (Wildman–Crippen LogP) is 11.6. The van der Waals surface area contributed by atoms with Crippen molar-refractivity contribution in [2.24, 2.45) is 0 Å². The molecule has 0 saturated heterocycles. The summed E-state index contributed by atoms with van der Waals surface area (Å²) in [5.74, 6) is 0. The van der Waals surface area contributed by atoms with Gasteiger partial charge in [0.15, 0.2) is 0 Å². The highest BCUT2D eigenvalue weighted by Crippen LogP contribution is 2.37. The van der Waals surface area contributed by atoms with E-state index in [1.165, 1.54) is 38.6 Å². The van der Waals surface area contributed by atoms with Crippen molar-refractivity contribution in [3.05, 3.63) is 164 Å². The fourth-order valence-electron chi connectivity index (χ4n) is 7.16. The van der Waals surface area contributed by atoms with E-state index in [0.717, 1.165) is 49.6 Å². The molecule has 0 aliphatic heterocycles. The normalized spacial score (nSPS) is 11.8. The number of benzene rings is 7. The minimum Gasteiger partial charge on any atom is -0.436 e. The number of aromatic nitrogens is 3. The van der Waals surface area contributed by atoms with Crippen LogP contribution in [-0.2, 0) is 0 Å². The van der Waals surface area contributed by atoms with Crippen LogP contribution in [0.1, 0.15) is 0 Å². The molecule has 0 spiro atoms. The van der Waals surface area contributed by atoms with Crippen molar-refractivity contribution in [2.75, 3.05) is 0 Å². The Morgan fingerprint density at radius 3 is 2.04 bits per heavy atom. The average molecular weight is 614 g/mol. The van der Waals surface area contributed by atoms with Gasteiger partial charge in [0.05, 0.1) is 28.3 Å². The molecular formula is C44H27N3O. The Labute approximate surface area is 276 Å². The monoisotopic (exact) mass is 613 g/mol. The van der Waals surface area contributed by atoms with Crippen LogP contribution in [-0.4, -0.2) is 14.5 Å². The molecule has 0 unspecified atom stereocenters. The Bertz CT molecular complexity index is 2830. The Hall–Kier alpha value is -6.52. The van der Waals surface area contributed by atoms with E-state index in [-0.39, 0.29) is 0 Å². The van der Waals surface area contributed by atoms with Gasteiger partial charge >= 0.3 is 0 Å². The Kier molecular flexibility index (Phi) is 5.84. The fraction of sp³-hybridized carbons (Fsp3) is 0. The van der Waals surface area contributed by atoms with Crippen molar-refractivity contribution in [1.29, 1.82) is 0 Å². The predicted molar refractivity (Wildman–Crippen MR) is 197 cm³/mol. The van der Waals surface area contributed by atoms with Gasteiger partial charge in [0.1, 0.15) is 11.1 Å². The molecule has 10 aromatic rings. The van der Waals surface area contributed by atoms with Crippen molar-refractivity contribution in [3.8, 4) is 39.2 Å². The van der Waals surface area contributed by atoms with Gasteiger partial charge in [-0.1, -0.05) is 115 Å². The second-order valence-electron chi connectivity index (χ2n) is 12.2. The summed E-state index contributed by atoms with van der Waals surface area (Å²) in [6, 6.07) is 55.8. The molecule has 4 nitrogen and oxygen atoms in total. The van der Waals surface area contributed by atoms with E-state index in [9.17, 15) is 0 Å². The Morgan fingerprint density at radius 1 is 0.479 bits per heavy atom. The maximum atomic E-state index is 6.17. The minimum absolute atomic E-state index is 0.555. The molecule has 3 heterocycles. The lowest BCUT2D eigenvalue weighted by Crippen LogP contribution is -1.92. The molecule has 0 fully saturated rings.